The second kappa shape index (κ2) is 11.4. The van der Waals surface area contributed by atoms with Gasteiger partial charge in [-0.2, -0.15) is 0 Å². The highest BCUT2D eigenvalue weighted by Gasteiger charge is 2.46. The van der Waals surface area contributed by atoms with Crippen LogP contribution in [0.2, 0.25) is 10.0 Å². The predicted octanol–water partition coefficient (Wildman–Crippen LogP) is 6.42. The molecule has 0 aliphatic carbocycles. The Labute approximate surface area is 231 Å². The molecular weight excluding hydrogens is 529 g/mol. The van der Waals surface area contributed by atoms with Gasteiger partial charge in [-0.3, -0.25) is 9.59 Å². The molecule has 3 aromatic rings. The van der Waals surface area contributed by atoms with Crippen LogP contribution in [0.25, 0.3) is 5.76 Å². The standard InChI is InChI=1S/C29H27Cl2NO6/c1-16(2)38-21-7-5-6-18(12-21)25-24(26(33)22-13-19(30)14-23(31)28(22)37-4)27(34)29(35)32(25)15-17-8-10-20(36-3)11-9-17/h5-14,16,25,33H,15H2,1-4H3/b26-24+. The molecule has 0 radical (unpaired) electrons. The number of carbonyl (C=O) groups is 2. The van der Waals surface area contributed by atoms with E-state index in [1.807, 2.05) is 26.0 Å². The molecule has 0 bridgehead atoms. The molecule has 198 valence electrons. The fraction of sp³-hybridized carbons (Fsp3) is 0.241. The van der Waals surface area contributed by atoms with Crippen molar-refractivity contribution in [3.63, 3.8) is 0 Å². The van der Waals surface area contributed by atoms with E-state index in [0.29, 0.717) is 17.1 Å². The fourth-order valence-electron chi connectivity index (χ4n) is 4.44. The van der Waals surface area contributed by atoms with Crippen LogP contribution in [-0.4, -0.2) is 42.0 Å². The van der Waals surface area contributed by atoms with Gasteiger partial charge in [0.05, 0.1) is 42.5 Å². The first-order valence-electron chi connectivity index (χ1n) is 11.9. The van der Waals surface area contributed by atoms with Crippen LogP contribution in [0.5, 0.6) is 17.2 Å². The van der Waals surface area contributed by atoms with Crippen molar-refractivity contribution in [1.82, 2.24) is 4.90 Å². The molecule has 1 unspecified atom stereocenters. The highest BCUT2D eigenvalue weighted by molar-refractivity contribution is 6.46. The summed E-state index contributed by atoms with van der Waals surface area (Å²) in [5.41, 5.74) is 1.36. The largest absolute Gasteiger partial charge is 0.507 e. The number of hydrogen-bond acceptors (Lipinski definition) is 6. The number of aliphatic hydroxyl groups excluding tert-OH is 1. The molecule has 9 heteroatoms. The Balaban J connectivity index is 1.91. The van der Waals surface area contributed by atoms with E-state index in [1.165, 1.54) is 24.1 Å². The first-order valence-corrected chi connectivity index (χ1v) is 12.6. The Morgan fingerprint density at radius 1 is 0.974 bits per heavy atom. The molecule has 0 saturated carbocycles. The molecule has 0 aromatic heterocycles. The van der Waals surface area contributed by atoms with E-state index >= 15 is 0 Å². The van der Waals surface area contributed by atoms with Crippen LogP contribution in [0, 0.1) is 0 Å². The molecule has 1 fully saturated rings. The molecule has 0 spiro atoms. The zero-order chi connectivity index (χ0) is 27.6. The molecule has 1 saturated heterocycles. The summed E-state index contributed by atoms with van der Waals surface area (Å²) < 4.78 is 16.5. The zero-order valence-corrected chi connectivity index (χ0v) is 22.8. The van der Waals surface area contributed by atoms with Crippen LogP contribution in [0.3, 0.4) is 0 Å². The van der Waals surface area contributed by atoms with Crippen LogP contribution in [-0.2, 0) is 16.1 Å². The van der Waals surface area contributed by atoms with Gasteiger partial charge in [0.2, 0.25) is 0 Å². The first kappa shape index (κ1) is 27.4. The zero-order valence-electron chi connectivity index (χ0n) is 21.3. The van der Waals surface area contributed by atoms with E-state index in [-0.39, 0.29) is 39.6 Å². The van der Waals surface area contributed by atoms with Gasteiger partial charge in [0, 0.05) is 11.6 Å². The van der Waals surface area contributed by atoms with E-state index in [2.05, 4.69) is 0 Å². The van der Waals surface area contributed by atoms with E-state index in [9.17, 15) is 14.7 Å². The SMILES string of the molecule is COc1ccc(CN2C(=O)C(=O)/C(=C(/O)c3cc(Cl)cc(Cl)c3OC)C2c2cccc(OC(C)C)c2)cc1. The Morgan fingerprint density at radius 2 is 1.68 bits per heavy atom. The maximum Gasteiger partial charge on any atom is 0.295 e. The summed E-state index contributed by atoms with van der Waals surface area (Å²) in [5.74, 6) is -0.678. The van der Waals surface area contributed by atoms with Crippen LogP contribution in [0.1, 0.15) is 36.6 Å². The number of benzene rings is 3. The lowest BCUT2D eigenvalue weighted by molar-refractivity contribution is -0.140. The third-order valence-electron chi connectivity index (χ3n) is 6.07. The number of aliphatic hydroxyl groups is 1. The topological polar surface area (TPSA) is 85.3 Å². The number of halogens is 2. The lowest BCUT2D eigenvalue weighted by Crippen LogP contribution is -2.29. The summed E-state index contributed by atoms with van der Waals surface area (Å²) in [6.45, 7) is 3.91. The van der Waals surface area contributed by atoms with Gasteiger partial charge in [-0.1, -0.05) is 47.5 Å². The predicted molar refractivity (Wildman–Crippen MR) is 146 cm³/mol. The maximum atomic E-state index is 13.5. The summed E-state index contributed by atoms with van der Waals surface area (Å²) in [7, 11) is 2.95. The summed E-state index contributed by atoms with van der Waals surface area (Å²) in [6, 6.07) is 16.3. The van der Waals surface area contributed by atoms with Gasteiger partial charge in [0.15, 0.2) is 0 Å². The number of carbonyl (C=O) groups excluding carboxylic acids is 2. The average molecular weight is 556 g/mol. The van der Waals surface area contributed by atoms with E-state index in [1.54, 1.807) is 43.5 Å². The lowest BCUT2D eigenvalue weighted by atomic mass is 9.94. The Kier molecular flexibility index (Phi) is 8.19. The van der Waals surface area contributed by atoms with E-state index in [0.717, 1.165) is 5.56 Å². The molecule has 1 heterocycles. The normalized spacial score (nSPS) is 16.7. The monoisotopic (exact) mass is 555 g/mol. The number of rotatable bonds is 8. The molecule has 3 aromatic carbocycles. The number of methoxy groups -OCH3 is 2. The van der Waals surface area contributed by atoms with Crippen molar-refractivity contribution in [3.05, 3.63) is 93.0 Å². The number of likely N-dealkylation sites (tertiary alicyclic amines) is 1. The first-order chi connectivity index (χ1) is 18.1. The average Bonchev–Trinajstić information content (AvgIpc) is 3.13. The number of ketones is 1. The number of hydrogen-bond donors (Lipinski definition) is 1. The molecule has 1 atom stereocenters. The number of nitrogens with zero attached hydrogens (tertiary/aromatic N) is 1. The van der Waals surface area contributed by atoms with Gasteiger partial charge in [0.25, 0.3) is 11.7 Å². The van der Waals surface area contributed by atoms with Crippen molar-refractivity contribution in [3.8, 4) is 17.2 Å². The fourth-order valence-corrected chi connectivity index (χ4v) is 5.01. The molecule has 7 nitrogen and oxygen atoms in total. The molecule has 1 amide bonds. The third-order valence-corrected chi connectivity index (χ3v) is 6.56. The highest BCUT2D eigenvalue weighted by Crippen LogP contribution is 2.44. The van der Waals surface area contributed by atoms with Crippen molar-refractivity contribution in [2.45, 2.75) is 32.5 Å². The molecule has 1 aliphatic heterocycles. The number of Topliss-reactive ketones (excluding diaryl/α,β-unsaturated/α-hetero) is 1. The second-order valence-electron chi connectivity index (χ2n) is 8.98. The van der Waals surface area contributed by atoms with Crippen molar-refractivity contribution >= 4 is 40.7 Å². The van der Waals surface area contributed by atoms with Crippen molar-refractivity contribution in [1.29, 1.82) is 0 Å². The summed E-state index contributed by atoms with van der Waals surface area (Å²) in [4.78, 5) is 28.3. The number of amides is 1. The summed E-state index contributed by atoms with van der Waals surface area (Å²) in [6.07, 6.45) is -0.0891. The van der Waals surface area contributed by atoms with Gasteiger partial charge in [-0.15, -0.1) is 0 Å². The minimum atomic E-state index is -0.921. The third kappa shape index (κ3) is 5.44. The lowest BCUT2D eigenvalue weighted by Gasteiger charge is -2.26. The number of ether oxygens (including phenoxy) is 3. The van der Waals surface area contributed by atoms with Gasteiger partial charge in [-0.05, 0) is 61.4 Å². The second-order valence-corrected chi connectivity index (χ2v) is 9.83. The molecule has 4 rings (SSSR count). The maximum absolute atomic E-state index is 13.5. The van der Waals surface area contributed by atoms with Gasteiger partial charge in [-0.25, -0.2) is 0 Å². The van der Waals surface area contributed by atoms with Crippen molar-refractivity contribution in [2.75, 3.05) is 14.2 Å². The molecule has 1 N–H and O–H groups in total. The van der Waals surface area contributed by atoms with Crippen molar-refractivity contribution in [2.24, 2.45) is 0 Å². The molecule has 38 heavy (non-hydrogen) atoms. The van der Waals surface area contributed by atoms with Crippen LogP contribution in [0.15, 0.2) is 66.2 Å². The van der Waals surface area contributed by atoms with Gasteiger partial charge < -0.3 is 24.2 Å². The van der Waals surface area contributed by atoms with E-state index < -0.39 is 23.5 Å². The van der Waals surface area contributed by atoms with Crippen molar-refractivity contribution < 1.29 is 28.9 Å². The minimum absolute atomic E-state index is 0.0891. The Hall–Kier alpha value is -3.68. The van der Waals surface area contributed by atoms with E-state index in [4.69, 9.17) is 37.4 Å². The van der Waals surface area contributed by atoms with Gasteiger partial charge in [0.1, 0.15) is 23.0 Å². The van der Waals surface area contributed by atoms with Crippen LogP contribution < -0.4 is 14.2 Å². The highest BCUT2D eigenvalue weighted by atomic mass is 35.5. The summed E-state index contributed by atoms with van der Waals surface area (Å²) >= 11 is 12.5. The van der Waals surface area contributed by atoms with Crippen LogP contribution in [0.4, 0.5) is 0 Å². The smallest absolute Gasteiger partial charge is 0.295 e. The molecule has 1 aliphatic rings. The van der Waals surface area contributed by atoms with Gasteiger partial charge >= 0.3 is 0 Å². The Bertz CT molecular complexity index is 1400. The Morgan fingerprint density at radius 3 is 2.32 bits per heavy atom. The van der Waals surface area contributed by atoms with Crippen LogP contribution >= 0.6 is 23.2 Å². The summed E-state index contributed by atoms with van der Waals surface area (Å²) in [5, 5.41) is 11.9. The minimum Gasteiger partial charge on any atom is -0.507 e. The quantitative estimate of drug-likeness (QED) is 0.196. The molecular formula is C29H27Cl2NO6.